The predicted molar refractivity (Wildman–Crippen MR) is 69.3 cm³/mol. The molecule has 0 unspecified atom stereocenters. The van der Waals surface area contributed by atoms with Gasteiger partial charge >= 0.3 is 6.18 Å². The van der Waals surface area contributed by atoms with Crippen molar-refractivity contribution in [1.82, 2.24) is 3.97 Å². The molecule has 0 N–H and O–H groups in total. The number of halogens is 3. The smallest absolute Gasteiger partial charge is 0.418 e. The number of alkyl halides is 3. The quantitative estimate of drug-likeness (QED) is 0.788. The van der Waals surface area contributed by atoms with E-state index < -0.39 is 34.1 Å². The van der Waals surface area contributed by atoms with Crippen LogP contribution in [-0.4, -0.2) is 18.9 Å². The lowest BCUT2D eigenvalue weighted by Crippen LogP contribution is -2.18. The van der Waals surface area contributed by atoms with Crippen molar-refractivity contribution < 1.29 is 31.1 Å². The second kappa shape index (κ2) is 5.84. The van der Waals surface area contributed by atoms with E-state index in [9.17, 15) is 26.4 Å². The van der Waals surface area contributed by atoms with E-state index in [2.05, 4.69) is 4.74 Å². The first-order valence-corrected chi connectivity index (χ1v) is 7.36. The first-order chi connectivity index (χ1) is 10.3. The second-order valence-corrected chi connectivity index (χ2v) is 6.01. The van der Waals surface area contributed by atoms with Crippen LogP contribution in [0.2, 0.25) is 0 Å². The van der Waals surface area contributed by atoms with Crippen LogP contribution in [-0.2, 0) is 32.3 Å². The Morgan fingerprint density at radius 1 is 1.14 bits per heavy atom. The molecule has 0 aliphatic rings. The van der Waals surface area contributed by atoms with Gasteiger partial charge in [0, 0.05) is 6.20 Å². The first kappa shape index (κ1) is 16.1. The fourth-order valence-electron chi connectivity index (χ4n) is 1.89. The van der Waals surface area contributed by atoms with Crippen molar-refractivity contribution in [2.24, 2.45) is 0 Å². The Morgan fingerprint density at radius 2 is 1.77 bits per heavy atom. The van der Waals surface area contributed by atoms with Gasteiger partial charge in [0.1, 0.15) is 6.61 Å². The maximum absolute atomic E-state index is 12.9. The van der Waals surface area contributed by atoms with E-state index >= 15 is 0 Å². The van der Waals surface area contributed by atoms with Crippen LogP contribution < -0.4 is 0 Å². The number of hydrogen-bond donors (Lipinski definition) is 0. The van der Waals surface area contributed by atoms with E-state index in [1.54, 1.807) is 6.07 Å². The van der Waals surface area contributed by atoms with Crippen molar-refractivity contribution in [3.05, 3.63) is 53.9 Å². The molecule has 1 heterocycles. The van der Waals surface area contributed by atoms with E-state index in [0.29, 0.717) is 10.0 Å². The van der Waals surface area contributed by atoms with E-state index in [-0.39, 0.29) is 11.4 Å². The number of carbonyl (C=O) groups excluding carboxylic acids is 1. The molecule has 1 aromatic carbocycles. The number of carbonyl (C=O) groups is 1. The van der Waals surface area contributed by atoms with E-state index in [4.69, 9.17) is 0 Å². The Labute approximate surface area is 124 Å². The molecule has 0 bridgehead atoms. The van der Waals surface area contributed by atoms with Crippen LogP contribution in [0.1, 0.15) is 11.3 Å². The van der Waals surface area contributed by atoms with Gasteiger partial charge in [0.25, 0.3) is 16.5 Å². The summed E-state index contributed by atoms with van der Waals surface area (Å²) in [6.45, 7) is -0.857. The molecular formula is C13H10F3NO4S. The molecule has 22 heavy (non-hydrogen) atoms. The number of aromatic nitrogens is 1. The number of nitrogens with zero attached hydrogens (tertiary/aromatic N) is 1. The summed E-state index contributed by atoms with van der Waals surface area (Å²) in [4.78, 5) is 10.1. The lowest BCUT2D eigenvalue weighted by molar-refractivity contribution is -0.140. The van der Waals surface area contributed by atoms with Crippen molar-refractivity contribution >= 4 is 16.5 Å². The average molecular weight is 333 g/mol. The highest BCUT2D eigenvalue weighted by Crippen LogP contribution is 2.34. The summed E-state index contributed by atoms with van der Waals surface area (Å²) in [6, 6.07) is 7.61. The Morgan fingerprint density at radius 3 is 2.32 bits per heavy atom. The highest BCUT2D eigenvalue weighted by atomic mass is 32.2. The van der Waals surface area contributed by atoms with Crippen molar-refractivity contribution in [2.75, 3.05) is 0 Å². The maximum Gasteiger partial charge on any atom is 0.418 e. The lowest BCUT2D eigenvalue weighted by Gasteiger charge is -2.13. The van der Waals surface area contributed by atoms with Gasteiger partial charge in [-0.2, -0.15) is 13.2 Å². The first-order valence-electron chi connectivity index (χ1n) is 5.92. The van der Waals surface area contributed by atoms with Gasteiger partial charge in [0.2, 0.25) is 0 Å². The van der Waals surface area contributed by atoms with Crippen LogP contribution >= 0.6 is 0 Å². The summed E-state index contributed by atoms with van der Waals surface area (Å²) >= 11 is 0. The Kier molecular flexibility index (Phi) is 4.27. The molecule has 5 nitrogen and oxygen atoms in total. The minimum Gasteiger partial charge on any atom is -0.461 e. The van der Waals surface area contributed by atoms with E-state index in [1.807, 2.05) is 0 Å². The minimum absolute atomic E-state index is 0.0490. The van der Waals surface area contributed by atoms with Gasteiger partial charge in [-0.1, -0.05) is 18.2 Å². The summed E-state index contributed by atoms with van der Waals surface area (Å²) in [6.07, 6.45) is -3.98. The average Bonchev–Trinajstić information content (AvgIpc) is 2.90. The minimum atomic E-state index is -4.76. The highest BCUT2D eigenvalue weighted by molar-refractivity contribution is 7.90. The molecule has 0 radical (unpaired) electrons. The highest BCUT2D eigenvalue weighted by Gasteiger charge is 2.37. The third-order valence-electron chi connectivity index (χ3n) is 2.85. The third kappa shape index (κ3) is 2.98. The molecule has 0 aliphatic heterocycles. The monoisotopic (exact) mass is 333 g/mol. The van der Waals surface area contributed by atoms with Crippen LogP contribution in [0, 0.1) is 0 Å². The van der Waals surface area contributed by atoms with Crippen LogP contribution in [0.5, 0.6) is 0 Å². The zero-order valence-electron chi connectivity index (χ0n) is 10.9. The molecule has 0 saturated heterocycles. The summed E-state index contributed by atoms with van der Waals surface area (Å²) in [5.74, 6) is 0. The van der Waals surface area contributed by atoms with Gasteiger partial charge in [0.05, 0.1) is 16.2 Å². The van der Waals surface area contributed by atoms with Crippen molar-refractivity contribution in [1.29, 1.82) is 0 Å². The van der Waals surface area contributed by atoms with Gasteiger partial charge in [-0.05, 0) is 18.2 Å². The van der Waals surface area contributed by atoms with Gasteiger partial charge < -0.3 is 4.74 Å². The zero-order valence-corrected chi connectivity index (χ0v) is 11.8. The molecule has 1 aromatic heterocycles. The van der Waals surface area contributed by atoms with Crippen molar-refractivity contribution in [3.63, 3.8) is 0 Å². The molecule has 9 heteroatoms. The van der Waals surface area contributed by atoms with Crippen LogP contribution in [0.15, 0.2) is 47.5 Å². The zero-order chi connectivity index (χ0) is 16.4. The molecule has 0 atom stereocenters. The molecule has 2 rings (SSSR count). The largest absolute Gasteiger partial charge is 0.461 e. The number of benzene rings is 1. The molecular weight excluding hydrogens is 323 g/mol. The molecule has 0 aliphatic carbocycles. The summed E-state index contributed by atoms with van der Waals surface area (Å²) in [5.41, 5.74) is -1.84. The lowest BCUT2D eigenvalue weighted by atomic mass is 10.2. The normalized spacial score (nSPS) is 12.1. The molecule has 0 fully saturated rings. The Balaban J connectivity index is 2.60. The van der Waals surface area contributed by atoms with E-state index in [0.717, 1.165) is 6.20 Å². The van der Waals surface area contributed by atoms with Gasteiger partial charge in [-0.25, -0.2) is 12.4 Å². The molecule has 2 aromatic rings. The van der Waals surface area contributed by atoms with Crippen LogP contribution in [0.3, 0.4) is 0 Å². The van der Waals surface area contributed by atoms with Crippen LogP contribution in [0.25, 0.3) is 0 Å². The maximum atomic E-state index is 12.9. The fraction of sp³-hybridized carbons (Fsp3) is 0.154. The molecule has 118 valence electrons. The topological polar surface area (TPSA) is 65.4 Å². The Bertz CT molecular complexity index is 766. The summed E-state index contributed by atoms with van der Waals surface area (Å²) < 4.78 is 68.4. The van der Waals surface area contributed by atoms with Gasteiger partial charge in [0.15, 0.2) is 0 Å². The molecule has 0 amide bonds. The number of hydrogen-bond acceptors (Lipinski definition) is 4. The summed E-state index contributed by atoms with van der Waals surface area (Å²) in [5, 5.41) is 0. The Hall–Kier alpha value is -2.29. The van der Waals surface area contributed by atoms with Crippen LogP contribution in [0.4, 0.5) is 13.2 Å². The second-order valence-electron chi connectivity index (χ2n) is 4.20. The molecule has 0 spiro atoms. The third-order valence-corrected chi connectivity index (χ3v) is 4.57. The number of ether oxygens (including phenoxy) is 1. The van der Waals surface area contributed by atoms with Gasteiger partial charge in [-0.15, -0.1) is 0 Å². The fourth-order valence-corrected chi connectivity index (χ4v) is 3.28. The standard InChI is InChI=1S/C13H10F3NO4S/c14-13(15,16)11-6-7-17(12(11)8-21-9-18)22(19,20)10-4-2-1-3-5-10/h1-7,9H,8H2. The van der Waals surface area contributed by atoms with Gasteiger partial charge in [-0.3, -0.25) is 4.79 Å². The SMILES string of the molecule is O=COCc1c(C(F)(F)F)ccn1S(=O)(=O)c1ccccc1. The molecule has 0 saturated carbocycles. The van der Waals surface area contributed by atoms with Crippen molar-refractivity contribution in [2.45, 2.75) is 17.7 Å². The summed E-state index contributed by atoms with van der Waals surface area (Å²) in [7, 11) is -4.22. The number of rotatable bonds is 5. The predicted octanol–water partition coefficient (Wildman–Crippen LogP) is 2.42. The van der Waals surface area contributed by atoms with Crippen molar-refractivity contribution in [3.8, 4) is 0 Å². The van der Waals surface area contributed by atoms with E-state index in [1.165, 1.54) is 24.3 Å².